The van der Waals surface area contributed by atoms with Gasteiger partial charge in [0.05, 0.1) is 0 Å². The summed E-state index contributed by atoms with van der Waals surface area (Å²) in [7, 11) is 0. The molecule has 0 atom stereocenters. The Morgan fingerprint density at radius 2 is 0.806 bits per heavy atom. The molecule has 300 valence electrons. The third kappa shape index (κ3) is 5.21. The van der Waals surface area contributed by atoms with Crippen LogP contribution in [0.25, 0.3) is 55.6 Å². The Hall–Kier alpha value is -6.44. The number of anilines is 3. The average molecular weight is 798 g/mol. The second kappa shape index (κ2) is 13.5. The normalized spacial score (nSPS) is 22.9. The molecule has 8 aromatic rings. The van der Waals surface area contributed by atoms with Crippen LogP contribution in [0.15, 0.2) is 188 Å². The minimum atomic E-state index is -0.0891. The number of benzene rings is 8. The third-order valence-electron chi connectivity index (χ3n) is 16.3. The van der Waals surface area contributed by atoms with Crippen molar-refractivity contribution in [2.45, 2.75) is 56.8 Å². The molecular formula is C61H51N. The van der Waals surface area contributed by atoms with Crippen LogP contribution in [0.3, 0.4) is 0 Å². The standard InChI is InChI=1S/C61H51N/c1-60(2)56-18-10-8-16-52(56)54-30-29-49(38-59(54)60)62(47-25-20-42(21-26-47)41-12-4-3-5-13-41)48-27-22-43(23-28-48)50-14-6-7-15-51(50)44-24-31-58-55(37-44)53-17-9-11-19-57(53)61(58)45-33-39-32-40(35-45)36-46(61)34-39/h3-31,37-40,45-46H,32-36H2,1-2H3. The lowest BCUT2D eigenvalue weighted by Gasteiger charge is -2.61. The van der Waals surface area contributed by atoms with Gasteiger partial charge in [0.25, 0.3) is 0 Å². The molecule has 0 radical (unpaired) electrons. The molecule has 6 aliphatic rings. The van der Waals surface area contributed by atoms with Gasteiger partial charge in [-0.15, -0.1) is 0 Å². The Kier molecular flexibility index (Phi) is 7.91. The maximum atomic E-state index is 2.56. The summed E-state index contributed by atoms with van der Waals surface area (Å²) in [5, 5.41) is 0. The van der Waals surface area contributed by atoms with Crippen LogP contribution < -0.4 is 4.90 Å². The van der Waals surface area contributed by atoms with E-state index in [-0.39, 0.29) is 10.8 Å². The Balaban J connectivity index is 0.889. The van der Waals surface area contributed by atoms with Crippen molar-refractivity contribution in [3.05, 3.63) is 210 Å². The van der Waals surface area contributed by atoms with Crippen molar-refractivity contribution in [2.24, 2.45) is 23.7 Å². The number of hydrogen-bond acceptors (Lipinski definition) is 1. The van der Waals surface area contributed by atoms with Crippen LogP contribution in [-0.4, -0.2) is 0 Å². The first kappa shape index (κ1) is 36.2. The van der Waals surface area contributed by atoms with Crippen LogP contribution in [0.2, 0.25) is 0 Å². The molecule has 1 nitrogen and oxygen atoms in total. The van der Waals surface area contributed by atoms with E-state index in [0.29, 0.717) is 0 Å². The quantitative estimate of drug-likeness (QED) is 0.162. The molecule has 62 heavy (non-hydrogen) atoms. The Labute approximate surface area is 366 Å². The fraction of sp³-hybridized carbons (Fsp3) is 0.213. The van der Waals surface area contributed by atoms with Gasteiger partial charge in [-0.3, -0.25) is 0 Å². The van der Waals surface area contributed by atoms with Gasteiger partial charge in [0, 0.05) is 27.9 Å². The number of rotatable bonds is 6. The molecule has 6 aliphatic carbocycles. The molecule has 1 spiro atoms. The smallest absolute Gasteiger partial charge is 0.0465 e. The van der Waals surface area contributed by atoms with Gasteiger partial charge in [0.15, 0.2) is 0 Å². The van der Waals surface area contributed by atoms with E-state index in [2.05, 4.69) is 207 Å². The van der Waals surface area contributed by atoms with E-state index in [4.69, 9.17) is 0 Å². The summed E-state index contributed by atoms with van der Waals surface area (Å²) in [5.74, 6) is 3.45. The minimum absolute atomic E-state index is 0.0891. The molecule has 8 aromatic carbocycles. The molecule has 0 unspecified atom stereocenters. The lowest BCUT2D eigenvalue weighted by molar-refractivity contribution is -0.0399. The highest BCUT2D eigenvalue weighted by molar-refractivity contribution is 5.91. The summed E-state index contributed by atoms with van der Waals surface area (Å²) in [6.07, 6.45) is 7.13. The van der Waals surface area contributed by atoms with E-state index in [9.17, 15) is 0 Å². The topological polar surface area (TPSA) is 3.24 Å². The first-order valence-electron chi connectivity index (χ1n) is 23.1. The zero-order valence-electron chi connectivity index (χ0n) is 35.7. The van der Waals surface area contributed by atoms with Gasteiger partial charge < -0.3 is 4.90 Å². The summed E-state index contributed by atoms with van der Waals surface area (Å²) in [6, 6.07) is 71.2. The zero-order valence-corrected chi connectivity index (χ0v) is 35.7. The zero-order chi connectivity index (χ0) is 41.2. The van der Waals surface area contributed by atoms with E-state index in [1.807, 2.05) is 0 Å². The second-order valence-corrected chi connectivity index (χ2v) is 19.7. The lowest BCUT2D eigenvalue weighted by Crippen LogP contribution is -2.55. The Morgan fingerprint density at radius 1 is 0.339 bits per heavy atom. The molecule has 0 saturated heterocycles. The van der Waals surface area contributed by atoms with Gasteiger partial charge in [-0.1, -0.05) is 159 Å². The molecule has 0 aromatic heterocycles. The number of nitrogens with zero attached hydrogens (tertiary/aromatic N) is 1. The maximum absolute atomic E-state index is 2.56. The molecule has 4 fully saturated rings. The monoisotopic (exact) mass is 797 g/mol. The van der Waals surface area contributed by atoms with E-state index in [1.165, 1.54) is 105 Å². The van der Waals surface area contributed by atoms with Crippen LogP contribution in [-0.2, 0) is 10.8 Å². The minimum Gasteiger partial charge on any atom is -0.310 e. The fourth-order valence-corrected chi connectivity index (χ4v) is 13.8. The summed E-state index contributed by atoms with van der Waals surface area (Å²) < 4.78 is 0. The van der Waals surface area contributed by atoms with E-state index >= 15 is 0 Å². The van der Waals surface area contributed by atoms with Gasteiger partial charge in [0.1, 0.15) is 0 Å². The van der Waals surface area contributed by atoms with Crippen molar-refractivity contribution in [1.82, 2.24) is 0 Å². The van der Waals surface area contributed by atoms with Crippen molar-refractivity contribution >= 4 is 17.1 Å². The molecular weight excluding hydrogens is 747 g/mol. The van der Waals surface area contributed by atoms with Gasteiger partial charge in [-0.25, -0.2) is 0 Å². The Bertz CT molecular complexity index is 3010. The largest absolute Gasteiger partial charge is 0.310 e. The summed E-state index contributed by atoms with van der Waals surface area (Å²) in [4.78, 5) is 2.43. The first-order valence-corrected chi connectivity index (χ1v) is 23.1. The van der Waals surface area contributed by atoms with Gasteiger partial charge in [0.2, 0.25) is 0 Å². The SMILES string of the molecule is CC1(C)c2ccccc2-c2ccc(N(c3ccc(-c4ccccc4)cc3)c3ccc(-c4ccccc4-c4ccc5c(c4)-c4ccccc4C54C5CC6CC(C5)CC4C6)cc3)cc21. The maximum Gasteiger partial charge on any atom is 0.0465 e. The molecule has 0 amide bonds. The molecule has 0 heterocycles. The molecule has 4 bridgehead atoms. The molecule has 1 heteroatoms. The van der Waals surface area contributed by atoms with Crippen molar-refractivity contribution < 1.29 is 0 Å². The third-order valence-corrected chi connectivity index (χ3v) is 16.3. The van der Waals surface area contributed by atoms with Crippen LogP contribution in [0.5, 0.6) is 0 Å². The van der Waals surface area contributed by atoms with Crippen molar-refractivity contribution in [2.75, 3.05) is 4.90 Å². The summed E-state index contributed by atoms with van der Waals surface area (Å²) in [5.41, 5.74) is 22.8. The highest BCUT2D eigenvalue weighted by atomic mass is 15.1. The molecule has 4 saturated carbocycles. The van der Waals surface area contributed by atoms with Crippen LogP contribution in [0.4, 0.5) is 17.1 Å². The van der Waals surface area contributed by atoms with E-state index in [1.54, 1.807) is 11.1 Å². The fourth-order valence-electron chi connectivity index (χ4n) is 13.8. The van der Waals surface area contributed by atoms with Crippen LogP contribution in [0.1, 0.15) is 68.2 Å². The summed E-state index contributed by atoms with van der Waals surface area (Å²) in [6.45, 7) is 4.74. The number of hydrogen-bond donors (Lipinski definition) is 0. The van der Waals surface area contributed by atoms with Gasteiger partial charge >= 0.3 is 0 Å². The van der Waals surface area contributed by atoms with Crippen molar-refractivity contribution in [3.8, 4) is 55.6 Å². The average Bonchev–Trinajstić information content (AvgIpc) is 3.74. The van der Waals surface area contributed by atoms with Crippen LogP contribution in [0, 0.1) is 23.7 Å². The lowest BCUT2D eigenvalue weighted by atomic mass is 9.43. The van der Waals surface area contributed by atoms with Gasteiger partial charge in [-0.2, -0.15) is 0 Å². The second-order valence-electron chi connectivity index (χ2n) is 19.7. The molecule has 0 aliphatic heterocycles. The highest BCUT2D eigenvalue weighted by Gasteiger charge is 2.61. The molecule has 0 N–H and O–H groups in total. The van der Waals surface area contributed by atoms with E-state index in [0.717, 1.165) is 35.0 Å². The van der Waals surface area contributed by atoms with Gasteiger partial charge in [-0.05, 0) is 176 Å². The van der Waals surface area contributed by atoms with Crippen LogP contribution >= 0.6 is 0 Å². The van der Waals surface area contributed by atoms with E-state index < -0.39 is 0 Å². The van der Waals surface area contributed by atoms with Crippen molar-refractivity contribution in [1.29, 1.82) is 0 Å². The van der Waals surface area contributed by atoms with Crippen molar-refractivity contribution in [3.63, 3.8) is 0 Å². The Morgan fingerprint density at radius 3 is 1.47 bits per heavy atom. The molecule has 14 rings (SSSR count). The predicted octanol–water partition coefficient (Wildman–Crippen LogP) is 16.2. The summed E-state index contributed by atoms with van der Waals surface area (Å²) >= 11 is 0. The first-order chi connectivity index (χ1) is 30.4. The predicted molar refractivity (Wildman–Crippen MR) is 258 cm³/mol. The number of fused-ring (bicyclic) bond motifs is 6. The highest BCUT2D eigenvalue weighted by Crippen LogP contribution is 2.69.